The molecule has 1 aromatic carbocycles. The van der Waals surface area contributed by atoms with Gasteiger partial charge in [0.15, 0.2) is 0 Å². The Hall–Kier alpha value is -3.22. The third-order valence-corrected chi connectivity index (χ3v) is 7.05. The Kier molecular flexibility index (Phi) is 7.29. The molecule has 34 heavy (non-hydrogen) atoms. The number of carbonyl (C=O) groups is 4. The van der Waals surface area contributed by atoms with Crippen LogP contribution in [0, 0.1) is 5.92 Å². The number of unbranched alkanes of at least 4 members (excludes halogenated alkanes) is 5. The third kappa shape index (κ3) is 4.43. The molecule has 7 nitrogen and oxygen atoms in total. The summed E-state index contributed by atoms with van der Waals surface area (Å²) in [5.41, 5.74) is 2.21. The van der Waals surface area contributed by atoms with Gasteiger partial charge in [0.1, 0.15) is 0 Å². The normalized spacial score (nSPS) is 18.2. The van der Waals surface area contributed by atoms with Crippen LogP contribution in [0.15, 0.2) is 46.9 Å². The van der Waals surface area contributed by atoms with E-state index < -0.39 is 0 Å². The summed E-state index contributed by atoms with van der Waals surface area (Å²) in [5, 5.41) is 0. The van der Waals surface area contributed by atoms with Crippen LogP contribution >= 0.6 is 0 Å². The highest BCUT2D eigenvalue weighted by atomic mass is 16.5. The molecule has 0 unspecified atom stereocenters. The Balaban J connectivity index is 1.12. The van der Waals surface area contributed by atoms with Crippen LogP contribution in [0.25, 0.3) is 0 Å². The van der Waals surface area contributed by atoms with Crippen molar-refractivity contribution in [1.82, 2.24) is 4.90 Å². The molecule has 1 aliphatic heterocycles. The lowest BCUT2D eigenvalue weighted by molar-refractivity contribution is -0.121. The molecule has 0 aromatic heterocycles. The first-order valence-corrected chi connectivity index (χ1v) is 12.1. The van der Waals surface area contributed by atoms with Gasteiger partial charge in [0.2, 0.25) is 23.1 Å². The van der Waals surface area contributed by atoms with Gasteiger partial charge >= 0.3 is 0 Å². The zero-order chi connectivity index (χ0) is 24.2. The Morgan fingerprint density at radius 3 is 1.71 bits per heavy atom. The number of fused-ring (bicyclic) bond motifs is 1. The standard InChI is InChI=1S/C27H31NO6/c1-33-24-22(29)20-15-17(16-21(20)23(30)25(24)34-2)11-7-5-3-4-6-10-14-28-26(31)18-12-8-9-13-19(18)27(28)32/h8-9,12-13,17H,3-7,10-11,14-16H2,1-2H3. The Morgan fingerprint density at radius 1 is 0.735 bits per heavy atom. The van der Waals surface area contributed by atoms with Crippen LogP contribution in [0.5, 0.6) is 0 Å². The molecule has 0 N–H and O–H groups in total. The summed E-state index contributed by atoms with van der Waals surface area (Å²) in [6.45, 7) is 0.467. The second-order valence-corrected chi connectivity index (χ2v) is 9.17. The van der Waals surface area contributed by atoms with Crippen molar-refractivity contribution in [3.8, 4) is 0 Å². The number of rotatable bonds is 11. The molecule has 180 valence electrons. The van der Waals surface area contributed by atoms with E-state index in [9.17, 15) is 19.2 Å². The number of ketones is 2. The van der Waals surface area contributed by atoms with E-state index in [1.54, 1.807) is 24.3 Å². The maximum absolute atomic E-state index is 12.7. The molecule has 0 atom stereocenters. The molecule has 0 saturated heterocycles. The van der Waals surface area contributed by atoms with Crippen LogP contribution in [-0.4, -0.2) is 49.0 Å². The maximum Gasteiger partial charge on any atom is 0.261 e. The summed E-state index contributed by atoms with van der Waals surface area (Å²) < 4.78 is 10.3. The summed E-state index contributed by atoms with van der Waals surface area (Å²) in [6.07, 6.45) is 8.30. The number of benzene rings is 1. The summed E-state index contributed by atoms with van der Waals surface area (Å²) >= 11 is 0. The summed E-state index contributed by atoms with van der Waals surface area (Å²) in [5.74, 6) is -0.446. The second-order valence-electron chi connectivity index (χ2n) is 9.17. The van der Waals surface area contributed by atoms with Crippen LogP contribution < -0.4 is 0 Å². The first-order chi connectivity index (χ1) is 16.5. The molecule has 0 radical (unpaired) electrons. The number of methoxy groups -OCH3 is 2. The highest BCUT2D eigenvalue weighted by molar-refractivity contribution is 6.24. The van der Waals surface area contributed by atoms with Crippen LogP contribution in [0.1, 0.15) is 78.5 Å². The zero-order valence-corrected chi connectivity index (χ0v) is 19.9. The number of Topliss-reactive ketones (excluding diaryl/α,β-unsaturated/α-hetero) is 2. The van der Waals surface area contributed by atoms with E-state index in [4.69, 9.17) is 9.47 Å². The second kappa shape index (κ2) is 10.4. The SMILES string of the molecule is COC1=C(OC)C(=O)C2=C(CC(CCCCCCCCN3C(=O)c4ccccc4C3=O)C2)C1=O. The Labute approximate surface area is 199 Å². The molecular weight excluding hydrogens is 434 g/mol. The van der Waals surface area contributed by atoms with Crippen molar-refractivity contribution in [3.63, 3.8) is 0 Å². The number of hydrogen-bond acceptors (Lipinski definition) is 6. The molecule has 7 heteroatoms. The van der Waals surface area contributed by atoms with Gasteiger partial charge in [0.25, 0.3) is 11.8 Å². The number of carbonyl (C=O) groups excluding carboxylic acids is 4. The van der Waals surface area contributed by atoms with Gasteiger partial charge in [-0.2, -0.15) is 0 Å². The Bertz CT molecular complexity index is 1010. The molecule has 1 heterocycles. The van der Waals surface area contributed by atoms with Gasteiger partial charge in [-0.3, -0.25) is 24.1 Å². The molecule has 0 saturated carbocycles. The van der Waals surface area contributed by atoms with E-state index in [0.29, 0.717) is 47.6 Å². The smallest absolute Gasteiger partial charge is 0.261 e. The van der Waals surface area contributed by atoms with E-state index in [-0.39, 0.29) is 34.9 Å². The van der Waals surface area contributed by atoms with Gasteiger partial charge in [-0.25, -0.2) is 0 Å². The average Bonchev–Trinajstić information content (AvgIpc) is 3.38. The molecule has 2 aliphatic carbocycles. The van der Waals surface area contributed by atoms with Crippen molar-refractivity contribution in [2.45, 2.75) is 57.8 Å². The van der Waals surface area contributed by atoms with Gasteiger partial charge in [-0.1, -0.05) is 44.2 Å². The minimum atomic E-state index is -0.213. The van der Waals surface area contributed by atoms with Crippen molar-refractivity contribution < 1.29 is 28.7 Å². The third-order valence-electron chi connectivity index (χ3n) is 7.05. The number of imide groups is 1. The fourth-order valence-corrected chi connectivity index (χ4v) is 5.26. The summed E-state index contributed by atoms with van der Waals surface area (Å²) in [7, 11) is 2.77. The summed E-state index contributed by atoms with van der Waals surface area (Å²) in [4.78, 5) is 51.4. The molecule has 0 fully saturated rings. The van der Waals surface area contributed by atoms with E-state index in [0.717, 1.165) is 44.9 Å². The van der Waals surface area contributed by atoms with Crippen molar-refractivity contribution in [1.29, 1.82) is 0 Å². The monoisotopic (exact) mass is 465 g/mol. The first-order valence-electron chi connectivity index (χ1n) is 12.1. The van der Waals surface area contributed by atoms with Crippen LogP contribution in [0.4, 0.5) is 0 Å². The van der Waals surface area contributed by atoms with Gasteiger partial charge < -0.3 is 9.47 Å². The van der Waals surface area contributed by atoms with Gasteiger partial charge in [0, 0.05) is 17.7 Å². The number of hydrogen-bond donors (Lipinski definition) is 0. The van der Waals surface area contributed by atoms with Crippen molar-refractivity contribution >= 4 is 23.4 Å². The van der Waals surface area contributed by atoms with E-state index >= 15 is 0 Å². The van der Waals surface area contributed by atoms with Crippen molar-refractivity contribution in [3.05, 3.63) is 58.1 Å². The lowest BCUT2D eigenvalue weighted by Gasteiger charge is -2.17. The molecule has 2 amide bonds. The number of allylic oxidation sites excluding steroid dienone is 2. The molecule has 0 spiro atoms. The van der Waals surface area contributed by atoms with Gasteiger partial charge in [0.05, 0.1) is 25.3 Å². The highest BCUT2D eigenvalue weighted by Gasteiger charge is 2.41. The first kappa shape index (κ1) is 23.9. The van der Waals surface area contributed by atoms with Crippen LogP contribution in [0.3, 0.4) is 0 Å². The largest absolute Gasteiger partial charge is 0.489 e. The lowest BCUT2D eigenvalue weighted by atomic mass is 9.94. The van der Waals surface area contributed by atoms with Crippen LogP contribution in [0.2, 0.25) is 0 Å². The predicted molar refractivity (Wildman–Crippen MR) is 125 cm³/mol. The lowest BCUT2D eigenvalue weighted by Crippen LogP contribution is -2.30. The maximum atomic E-state index is 12.7. The van der Waals surface area contributed by atoms with Gasteiger partial charge in [-0.05, 0) is 43.7 Å². The molecule has 4 rings (SSSR count). The fraction of sp³-hybridized carbons (Fsp3) is 0.481. The molecule has 3 aliphatic rings. The quantitative estimate of drug-likeness (QED) is 0.274. The fourth-order valence-electron chi connectivity index (χ4n) is 5.26. The molecular formula is C27H31NO6. The number of ether oxygens (including phenoxy) is 2. The number of amides is 2. The number of nitrogens with zero attached hydrogens (tertiary/aromatic N) is 1. The summed E-state index contributed by atoms with van der Waals surface area (Å²) in [6, 6.07) is 6.98. The minimum absolute atomic E-state index is 0.0214. The van der Waals surface area contributed by atoms with E-state index in [1.807, 2.05) is 0 Å². The van der Waals surface area contributed by atoms with Crippen LogP contribution in [-0.2, 0) is 19.1 Å². The Morgan fingerprint density at radius 2 is 1.21 bits per heavy atom. The van der Waals surface area contributed by atoms with Crippen molar-refractivity contribution in [2.75, 3.05) is 20.8 Å². The van der Waals surface area contributed by atoms with Crippen molar-refractivity contribution in [2.24, 2.45) is 5.92 Å². The van der Waals surface area contributed by atoms with Gasteiger partial charge in [-0.15, -0.1) is 0 Å². The predicted octanol–water partition coefficient (Wildman–Crippen LogP) is 4.38. The van der Waals surface area contributed by atoms with E-state index in [2.05, 4.69) is 0 Å². The highest BCUT2D eigenvalue weighted by Crippen LogP contribution is 2.41. The zero-order valence-electron chi connectivity index (χ0n) is 19.9. The minimum Gasteiger partial charge on any atom is -0.489 e. The molecule has 1 aromatic rings. The average molecular weight is 466 g/mol. The van der Waals surface area contributed by atoms with E-state index in [1.165, 1.54) is 19.1 Å². The molecule has 0 bridgehead atoms. The topological polar surface area (TPSA) is 90.0 Å².